The number of fused-ring (bicyclic) bond motifs is 7. The Bertz CT molecular complexity index is 1690. The molecule has 7 heteroatoms. The van der Waals surface area contributed by atoms with Crippen LogP contribution in [0.15, 0.2) is 71.3 Å². The van der Waals surface area contributed by atoms with E-state index < -0.39 is 0 Å². The van der Waals surface area contributed by atoms with E-state index in [9.17, 15) is 4.79 Å². The van der Waals surface area contributed by atoms with Gasteiger partial charge in [0, 0.05) is 43.2 Å². The Morgan fingerprint density at radius 3 is 2.56 bits per heavy atom. The summed E-state index contributed by atoms with van der Waals surface area (Å²) < 4.78 is 6.51. The molecule has 0 aromatic heterocycles. The van der Waals surface area contributed by atoms with Gasteiger partial charge in [-0.3, -0.25) is 0 Å². The van der Waals surface area contributed by atoms with Crippen molar-refractivity contribution >= 4 is 40.6 Å². The lowest BCUT2D eigenvalue weighted by Gasteiger charge is -2.58. The van der Waals surface area contributed by atoms with Crippen LogP contribution in [0.5, 0.6) is 0 Å². The zero-order valence-electron chi connectivity index (χ0n) is 29.2. The van der Waals surface area contributed by atoms with Crippen molar-refractivity contribution in [2.45, 2.75) is 78.2 Å². The summed E-state index contributed by atoms with van der Waals surface area (Å²) in [5.41, 5.74) is 6.64. The quantitative estimate of drug-likeness (QED) is 0.300. The maximum absolute atomic E-state index is 14.4. The van der Waals surface area contributed by atoms with E-state index in [0.29, 0.717) is 27.7 Å². The van der Waals surface area contributed by atoms with Crippen molar-refractivity contribution in [3.8, 4) is 0 Å². The van der Waals surface area contributed by atoms with Gasteiger partial charge in [0.05, 0.1) is 17.1 Å². The number of para-hydroxylation sites is 1. The highest BCUT2D eigenvalue weighted by molar-refractivity contribution is 6.31. The van der Waals surface area contributed by atoms with Crippen LogP contribution < -0.4 is 4.90 Å². The number of carbonyl (C=O) groups is 1. The van der Waals surface area contributed by atoms with Gasteiger partial charge in [-0.2, -0.15) is 0 Å². The van der Waals surface area contributed by atoms with Gasteiger partial charge in [-0.05, 0) is 124 Å². The average molecular weight is 667 g/mol. The normalized spacial score (nSPS) is 34.4. The Hall–Kier alpha value is -3.09. The number of nitrogens with zero attached hydrogens (tertiary/aromatic N) is 4. The molecule has 7 atom stereocenters. The fourth-order valence-electron chi connectivity index (χ4n) is 11.1. The summed E-state index contributed by atoms with van der Waals surface area (Å²) in [6, 6.07) is 13.7. The van der Waals surface area contributed by atoms with E-state index in [1.54, 1.807) is 4.90 Å². The molecule has 48 heavy (non-hydrogen) atoms. The molecule has 6 nitrogen and oxygen atoms in total. The Morgan fingerprint density at radius 2 is 1.77 bits per heavy atom. The van der Waals surface area contributed by atoms with Crippen LogP contribution in [0.1, 0.15) is 77.7 Å². The van der Waals surface area contributed by atoms with Crippen LogP contribution in [0, 0.1) is 34.5 Å². The molecule has 2 aromatic carbocycles. The number of piperazine rings is 1. The summed E-state index contributed by atoms with van der Waals surface area (Å²) in [4.78, 5) is 26.0. The van der Waals surface area contributed by atoms with Crippen molar-refractivity contribution in [2.75, 3.05) is 38.1 Å². The first-order chi connectivity index (χ1) is 23.1. The van der Waals surface area contributed by atoms with E-state index in [1.807, 2.05) is 36.4 Å². The number of benzene rings is 2. The highest BCUT2D eigenvalue weighted by Gasteiger charge is 2.58. The highest BCUT2D eigenvalue weighted by atomic mass is 35.5. The van der Waals surface area contributed by atoms with Crippen molar-refractivity contribution in [2.24, 2.45) is 39.5 Å². The van der Waals surface area contributed by atoms with E-state index in [-0.39, 0.29) is 17.6 Å². The second-order valence-electron chi connectivity index (χ2n) is 16.2. The van der Waals surface area contributed by atoms with Gasteiger partial charge in [0.1, 0.15) is 11.9 Å². The van der Waals surface area contributed by atoms with Gasteiger partial charge in [0.2, 0.25) is 0 Å². The van der Waals surface area contributed by atoms with Crippen LogP contribution in [0.4, 0.5) is 21.9 Å². The van der Waals surface area contributed by atoms with Crippen molar-refractivity contribution in [1.82, 2.24) is 9.80 Å². The number of likely N-dealkylation sites (N-methyl/N-ethyl adjacent to an activating group) is 1. The zero-order valence-corrected chi connectivity index (χ0v) is 29.9. The van der Waals surface area contributed by atoms with E-state index in [1.165, 1.54) is 43.3 Å². The Kier molecular flexibility index (Phi) is 8.07. The summed E-state index contributed by atoms with van der Waals surface area (Å²) in [5, 5.41) is 0.597. The number of halogens is 1. The SMILES string of the molecule is C=C(C)C1CCC2C3CC=C4CC(OC(=O)N5c6ccc(Cl)cc6N=C(N6CCN(C)CC6)c6ccccc65)CCC4(C)C3CCC12C. The molecule has 8 rings (SSSR count). The molecule has 2 aliphatic heterocycles. The Morgan fingerprint density at radius 1 is 0.979 bits per heavy atom. The molecule has 6 aliphatic rings. The van der Waals surface area contributed by atoms with Gasteiger partial charge < -0.3 is 14.5 Å². The van der Waals surface area contributed by atoms with Crippen LogP contribution in [-0.2, 0) is 4.74 Å². The molecule has 4 aliphatic carbocycles. The number of hydrogen-bond donors (Lipinski definition) is 0. The number of rotatable bonds is 2. The topological polar surface area (TPSA) is 48.4 Å². The molecule has 0 spiro atoms. The predicted octanol–water partition coefficient (Wildman–Crippen LogP) is 9.78. The Labute approximate surface area is 291 Å². The van der Waals surface area contributed by atoms with Gasteiger partial charge in [-0.15, -0.1) is 0 Å². The number of aliphatic imine (C=N–C) groups is 1. The summed E-state index contributed by atoms with van der Waals surface area (Å²) in [6.45, 7) is 15.4. The van der Waals surface area contributed by atoms with Gasteiger partial charge >= 0.3 is 6.09 Å². The van der Waals surface area contributed by atoms with Crippen LogP contribution in [0.2, 0.25) is 5.02 Å². The molecule has 2 aromatic rings. The number of carbonyl (C=O) groups excluding carboxylic acids is 1. The average Bonchev–Trinajstić information content (AvgIpc) is 3.36. The Balaban J connectivity index is 1.05. The first kappa shape index (κ1) is 32.1. The molecule has 254 valence electrons. The monoisotopic (exact) mass is 666 g/mol. The van der Waals surface area contributed by atoms with Gasteiger partial charge in [-0.25, -0.2) is 14.7 Å². The number of allylic oxidation sites excluding steroid dienone is 2. The summed E-state index contributed by atoms with van der Waals surface area (Å²) >= 11 is 6.53. The fourth-order valence-corrected chi connectivity index (χ4v) is 11.3. The lowest BCUT2D eigenvalue weighted by atomic mass is 9.47. The smallest absolute Gasteiger partial charge is 0.419 e. The third-order valence-corrected chi connectivity index (χ3v) is 13.9. The minimum absolute atomic E-state index is 0.148. The number of amides is 1. The number of amidine groups is 1. The minimum Gasteiger partial charge on any atom is -0.445 e. The van der Waals surface area contributed by atoms with E-state index in [2.05, 4.69) is 56.3 Å². The molecule has 4 fully saturated rings. The minimum atomic E-state index is -0.339. The van der Waals surface area contributed by atoms with E-state index in [4.69, 9.17) is 21.3 Å². The predicted molar refractivity (Wildman–Crippen MR) is 196 cm³/mol. The number of anilines is 2. The zero-order chi connectivity index (χ0) is 33.4. The molecular weight excluding hydrogens is 616 g/mol. The molecule has 3 saturated carbocycles. The summed E-state index contributed by atoms with van der Waals surface area (Å²) in [7, 11) is 2.15. The molecule has 7 unspecified atom stereocenters. The lowest BCUT2D eigenvalue weighted by molar-refractivity contribution is -0.0462. The largest absolute Gasteiger partial charge is 0.445 e. The fraction of sp³-hybridized carbons (Fsp3) is 0.561. The molecular formula is C41H51ClN4O2. The van der Waals surface area contributed by atoms with Crippen LogP contribution >= 0.6 is 11.6 Å². The highest BCUT2D eigenvalue weighted by Crippen LogP contribution is 2.67. The number of hydrogen-bond acceptors (Lipinski definition) is 5. The summed E-state index contributed by atoms with van der Waals surface area (Å²) in [6.07, 6.45) is 11.3. The van der Waals surface area contributed by atoms with E-state index in [0.717, 1.165) is 80.3 Å². The van der Waals surface area contributed by atoms with Crippen molar-refractivity contribution in [3.05, 3.63) is 76.9 Å². The standard InChI is InChI=1S/C41H51ClN4O2/c1-26(2)32-13-14-33-30-12-10-27-24-29(16-18-40(27,3)34(30)17-19-41(32,33)4)48-39(47)46-36-9-7-6-8-31(36)38(45-22-20-44(5)21-23-45)43-35-25-28(42)11-15-37(35)46/h6-11,15,25,29-30,32-34H,1,12-14,16-24H2,2-5H3. The maximum atomic E-state index is 14.4. The van der Waals surface area contributed by atoms with Crippen LogP contribution in [0.25, 0.3) is 0 Å². The van der Waals surface area contributed by atoms with Gasteiger partial charge in [0.25, 0.3) is 0 Å². The van der Waals surface area contributed by atoms with Crippen molar-refractivity contribution in [1.29, 1.82) is 0 Å². The second-order valence-corrected chi connectivity index (χ2v) is 16.7. The molecule has 2 heterocycles. The van der Waals surface area contributed by atoms with Crippen molar-refractivity contribution in [3.63, 3.8) is 0 Å². The van der Waals surface area contributed by atoms with Crippen LogP contribution in [-0.4, -0.2) is 61.1 Å². The first-order valence-electron chi connectivity index (χ1n) is 18.3. The van der Waals surface area contributed by atoms with Crippen LogP contribution in [0.3, 0.4) is 0 Å². The van der Waals surface area contributed by atoms with Gasteiger partial charge in [-0.1, -0.05) is 61.4 Å². The van der Waals surface area contributed by atoms with Crippen molar-refractivity contribution < 1.29 is 9.53 Å². The molecule has 0 N–H and O–H groups in total. The third kappa shape index (κ3) is 5.16. The van der Waals surface area contributed by atoms with E-state index >= 15 is 0 Å². The van der Waals surface area contributed by atoms with Gasteiger partial charge in [0.15, 0.2) is 0 Å². The summed E-state index contributed by atoms with van der Waals surface area (Å²) in [5.74, 6) is 3.82. The molecule has 0 bridgehead atoms. The third-order valence-electron chi connectivity index (χ3n) is 13.7. The molecule has 1 amide bonds. The number of ether oxygens (including phenoxy) is 1. The lowest BCUT2D eigenvalue weighted by Crippen LogP contribution is -2.50. The second kappa shape index (κ2) is 12.1. The first-order valence-corrected chi connectivity index (χ1v) is 18.7. The maximum Gasteiger partial charge on any atom is 0.419 e. The molecule has 1 saturated heterocycles. The molecule has 0 radical (unpaired) electrons.